The normalized spacial score (nSPS) is 13.9. The first-order chi connectivity index (χ1) is 16.5. The topological polar surface area (TPSA) is 91.3 Å². The predicted octanol–water partition coefficient (Wildman–Crippen LogP) is 4.51. The molecule has 4 aromatic rings. The molecule has 34 heavy (non-hydrogen) atoms. The molecule has 0 spiro atoms. The van der Waals surface area contributed by atoms with E-state index in [-0.39, 0.29) is 18.4 Å². The van der Waals surface area contributed by atoms with E-state index in [1.807, 2.05) is 49.6 Å². The van der Waals surface area contributed by atoms with Gasteiger partial charge in [0.15, 0.2) is 5.13 Å². The van der Waals surface area contributed by atoms with Gasteiger partial charge in [0.25, 0.3) is 5.91 Å². The molecular weight excluding hydrogens is 468 g/mol. The average molecular weight is 491 g/mol. The van der Waals surface area contributed by atoms with Crippen LogP contribution >= 0.6 is 22.7 Å². The number of benzene rings is 1. The molecule has 8 nitrogen and oxygen atoms in total. The minimum atomic E-state index is -0.201. The zero-order chi connectivity index (χ0) is 23.7. The molecule has 2 amide bonds. The van der Waals surface area contributed by atoms with Gasteiger partial charge in [0.1, 0.15) is 12.4 Å². The van der Waals surface area contributed by atoms with Crippen LogP contribution in [0.15, 0.2) is 54.0 Å². The van der Waals surface area contributed by atoms with Gasteiger partial charge in [-0.15, -0.1) is 22.7 Å². The number of aryl methyl sites for hydroxylation is 2. The molecule has 4 heterocycles. The number of pyridine rings is 1. The van der Waals surface area contributed by atoms with Crippen molar-refractivity contribution in [1.29, 1.82) is 0 Å². The van der Waals surface area contributed by atoms with E-state index < -0.39 is 0 Å². The Bertz CT molecular complexity index is 1330. The van der Waals surface area contributed by atoms with E-state index in [2.05, 4.69) is 20.3 Å². The van der Waals surface area contributed by atoms with E-state index >= 15 is 0 Å². The van der Waals surface area contributed by atoms with Crippen molar-refractivity contribution in [3.05, 3.63) is 70.3 Å². The zero-order valence-electron chi connectivity index (χ0n) is 18.7. The predicted molar refractivity (Wildman–Crippen MR) is 135 cm³/mol. The van der Waals surface area contributed by atoms with Crippen LogP contribution in [-0.2, 0) is 4.79 Å². The Kier molecular flexibility index (Phi) is 6.08. The molecular formula is C24H22N6O2S2. The second kappa shape index (κ2) is 9.32. The van der Waals surface area contributed by atoms with Crippen molar-refractivity contribution in [3.8, 4) is 10.6 Å². The average Bonchev–Trinajstić information content (AvgIpc) is 3.44. The number of hydrogen-bond donors (Lipinski definition) is 1. The Balaban J connectivity index is 1.22. The van der Waals surface area contributed by atoms with Crippen molar-refractivity contribution in [2.45, 2.75) is 13.8 Å². The molecule has 0 radical (unpaired) electrons. The van der Waals surface area contributed by atoms with Gasteiger partial charge in [-0.05, 0) is 38.1 Å². The van der Waals surface area contributed by atoms with E-state index in [1.165, 1.54) is 17.5 Å². The van der Waals surface area contributed by atoms with Crippen LogP contribution in [0.4, 0.5) is 16.6 Å². The minimum Gasteiger partial charge on any atom is -0.327 e. The second-order valence-electron chi connectivity index (χ2n) is 7.85. The smallest absolute Gasteiger partial charge is 0.255 e. The van der Waals surface area contributed by atoms with E-state index in [0.29, 0.717) is 24.5 Å². The molecule has 5 rings (SSSR count). The highest BCUT2D eigenvalue weighted by atomic mass is 32.1. The Morgan fingerprint density at radius 1 is 1.06 bits per heavy atom. The van der Waals surface area contributed by atoms with Crippen LogP contribution in [0.25, 0.3) is 10.6 Å². The number of hydrogen-bond acceptors (Lipinski definition) is 8. The molecule has 0 aliphatic carbocycles. The van der Waals surface area contributed by atoms with Crippen LogP contribution in [-0.4, -0.2) is 51.3 Å². The number of amides is 2. The van der Waals surface area contributed by atoms with Crippen molar-refractivity contribution in [2.24, 2.45) is 0 Å². The number of thiazole rings is 2. The van der Waals surface area contributed by atoms with Crippen molar-refractivity contribution in [2.75, 3.05) is 29.9 Å². The molecule has 1 fully saturated rings. The lowest BCUT2D eigenvalue weighted by atomic mass is 10.2. The molecule has 1 saturated heterocycles. The van der Waals surface area contributed by atoms with Gasteiger partial charge < -0.3 is 15.1 Å². The van der Waals surface area contributed by atoms with Crippen LogP contribution in [0.2, 0.25) is 0 Å². The summed E-state index contributed by atoms with van der Waals surface area (Å²) in [5.74, 6) is 0.301. The molecule has 0 saturated carbocycles. The third-order valence-corrected chi connectivity index (χ3v) is 7.31. The SMILES string of the molecule is Cc1nc(C)c(-c2csc(Nc3ccc(C(=O)N4CCN(c5ccccc5)C(=O)C4)cn3)n2)s1. The van der Waals surface area contributed by atoms with Gasteiger partial charge in [0.05, 0.1) is 26.8 Å². The summed E-state index contributed by atoms with van der Waals surface area (Å²) in [4.78, 5) is 43.4. The number of nitrogens with zero attached hydrogens (tertiary/aromatic N) is 5. The van der Waals surface area contributed by atoms with Crippen LogP contribution in [0.5, 0.6) is 0 Å². The van der Waals surface area contributed by atoms with E-state index in [0.717, 1.165) is 32.1 Å². The van der Waals surface area contributed by atoms with Crippen LogP contribution < -0.4 is 10.2 Å². The molecule has 1 aliphatic heterocycles. The van der Waals surface area contributed by atoms with Crippen LogP contribution in [0, 0.1) is 13.8 Å². The van der Waals surface area contributed by atoms with Gasteiger partial charge in [0, 0.05) is 30.4 Å². The molecule has 0 bridgehead atoms. The molecule has 3 aromatic heterocycles. The molecule has 1 aromatic carbocycles. The highest BCUT2D eigenvalue weighted by molar-refractivity contribution is 7.16. The summed E-state index contributed by atoms with van der Waals surface area (Å²) in [7, 11) is 0. The summed E-state index contributed by atoms with van der Waals surface area (Å²) in [5, 5.41) is 6.92. The van der Waals surface area contributed by atoms with Crippen LogP contribution in [0.1, 0.15) is 21.1 Å². The number of anilines is 3. The van der Waals surface area contributed by atoms with Gasteiger partial charge in [-0.25, -0.2) is 15.0 Å². The summed E-state index contributed by atoms with van der Waals surface area (Å²) < 4.78 is 0. The number of carbonyl (C=O) groups is 2. The molecule has 10 heteroatoms. The van der Waals surface area contributed by atoms with Gasteiger partial charge in [-0.2, -0.15) is 0 Å². The number of carbonyl (C=O) groups excluding carboxylic acids is 2. The first-order valence-corrected chi connectivity index (χ1v) is 12.5. The fourth-order valence-electron chi connectivity index (χ4n) is 3.82. The Hall–Kier alpha value is -3.63. The second-order valence-corrected chi connectivity index (χ2v) is 9.91. The first-order valence-electron chi connectivity index (χ1n) is 10.8. The maximum absolute atomic E-state index is 12.9. The van der Waals surface area contributed by atoms with Gasteiger partial charge in [-0.3, -0.25) is 9.59 Å². The zero-order valence-corrected chi connectivity index (χ0v) is 20.3. The highest BCUT2D eigenvalue weighted by Crippen LogP contribution is 2.32. The number of rotatable bonds is 5. The number of para-hydroxylation sites is 1. The quantitative estimate of drug-likeness (QED) is 0.443. The van der Waals surface area contributed by atoms with Crippen molar-refractivity contribution in [3.63, 3.8) is 0 Å². The summed E-state index contributed by atoms with van der Waals surface area (Å²) in [6.45, 7) is 4.95. The van der Waals surface area contributed by atoms with Gasteiger partial charge >= 0.3 is 0 Å². The third-order valence-electron chi connectivity index (χ3n) is 5.46. The standard InChI is InChI=1S/C24H22N6O2S2/c1-15-22(34-16(2)26-15)19-14-33-24(27-19)28-20-9-8-17(12-25-20)23(32)29-10-11-30(21(31)13-29)18-6-4-3-5-7-18/h3-9,12,14H,10-11,13H2,1-2H3,(H,25,27,28). The fourth-order valence-corrected chi connectivity index (χ4v) is 5.48. The van der Waals surface area contributed by atoms with Gasteiger partial charge in [-0.1, -0.05) is 18.2 Å². The van der Waals surface area contributed by atoms with E-state index in [4.69, 9.17) is 0 Å². The lowest BCUT2D eigenvalue weighted by Gasteiger charge is -2.34. The van der Waals surface area contributed by atoms with E-state index in [1.54, 1.807) is 33.3 Å². The largest absolute Gasteiger partial charge is 0.327 e. The fraction of sp³-hybridized carbons (Fsp3) is 0.208. The number of nitrogens with one attached hydrogen (secondary N) is 1. The molecule has 0 atom stereocenters. The lowest BCUT2D eigenvalue weighted by Crippen LogP contribution is -2.52. The van der Waals surface area contributed by atoms with Crippen molar-refractivity contribution < 1.29 is 9.59 Å². The maximum Gasteiger partial charge on any atom is 0.255 e. The third kappa shape index (κ3) is 4.55. The summed E-state index contributed by atoms with van der Waals surface area (Å²) >= 11 is 3.11. The molecule has 0 unspecified atom stereocenters. The maximum atomic E-state index is 12.9. The minimum absolute atomic E-state index is 0.0477. The summed E-state index contributed by atoms with van der Waals surface area (Å²) in [5.41, 5.74) is 3.16. The summed E-state index contributed by atoms with van der Waals surface area (Å²) in [6.07, 6.45) is 1.53. The Morgan fingerprint density at radius 3 is 2.56 bits per heavy atom. The number of piperazine rings is 1. The van der Waals surface area contributed by atoms with Crippen LogP contribution in [0.3, 0.4) is 0 Å². The summed E-state index contributed by atoms with van der Waals surface area (Å²) in [6, 6.07) is 13.0. The monoisotopic (exact) mass is 490 g/mol. The number of aromatic nitrogens is 3. The molecule has 1 N–H and O–H groups in total. The lowest BCUT2D eigenvalue weighted by molar-refractivity contribution is -0.120. The molecule has 172 valence electrons. The van der Waals surface area contributed by atoms with Crippen molar-refractivity contribution in [1.82, 2.24) is 19.9 Å². The van der Waals surface area contributed by atoms with Gasteiger partial charge in [0.2, 0.25) is 5.91 Å². The first kappa shape index (κ1) is 22.2. The Labute approximate surface area is 204 Å². The van der Waals surface area contributed by atoms with E-state index in [9.17, 15) is 9.59 Å². The molecule has 1 aliphatic rings. The highest BCUT2D eigenvalue weighted by Gasteiger charge is 2.28. The van der Waals surface area contributed by atoms with Crippen molar-refractivity contribution >= 4 is 51.1 Å². The Morgan fingerprint density at radius 2 is 1.88 bits per heavy atom.